The van der Waals surface area contributed by atoms with Crippen molar-refractivity contribution in [3.05, 3.63) is 0 Å². The number of amidine groups is 1. The molecule has 1 saturated heterocycles. The molecule has 10 heteroatoms. The topological polar surface area (TPSA) is 91.6 Å². The Morgan fingerprint density at radius 1 is 1.46 bits per heavy atom. The Bertz CT molecular complexity index is 585. The molecule has 2 aliphatic heterocycles. The number of carboxylic acid groups (broad SMARTS) is 1. The number of halogens is 1. The highest BCUT2D eigenvalue weighted by molar-refractivity contribution is 8.14. The Morgan fingerprint density at radius 2 is 2.04 bits per heavy atom. The molecule has 0 aromatic rings. The van der Waals surface area contributed by atoms with Crippen molar-refractivity contribution < 1.29 is 28.6 Å². The minimum absolute atomic E-state index is 0.0267. The average molecular weight is 409 g/mol. The predicted octanol–water partition coefficient (Wildman–Crippen LogP) is 2.90. The minimum Gasteiger partial charge on any atom is -0.465 e. The van der Waals surface area contributed by atoms with Gasteiger partial charge in [0, 0.05) is 7.05 Å². The molecule has 1 amide bonds. The van der Waals surface area contributed by atoms with Crippen LogP contribution in [0.15, 0.2) is 4.99 Å². The number of rotatable bonds is 3. The molecule has 0 aromatic carbocycles. The monoisotopic (exact) mass is 408 g/mol. The summed E-state index contributed by atoms with van der Waals surface area (Å²) in [5, 5.41) is 19.6. The molecule has 0 saturated carbocycles. The standard InChI is InChI=1S/C16H29FN2O5SSi/c1-8(24-26(6,7)16(2,3)4)12-11(20)9(17)10-13(23-12)25-14(18-10)19(5)15(21)22/h8-13,20H,1-7H3,(H,21,22)/t8-,9+,10+,11-,12+,13+/m0/s1. The molecule has 2 aliphatic rings. The van der Waals surface area contributed by atoms with Gasteiger partial charge >= 0.3 is 6.09 Å². The lowest BCUT2D eigenvalue weighted by Gasteiger charge is -2.44. The number of amides is 1. The second-order valence-electron chi connectivity index (χ2n) is 8.35. The van der Waals surface area contributed by atoms with Crippen LogP contribution in [0.1, 0.15) is 27.7 Å². The van der Waals surface area contributed by atoms with Crippen LogP contribution in [0.5, 0.6) is 0 Å². The highest BCUT2D eigenvalue weighted by Crippen LogP contribution is 2.42. The van der Waals surface area contributed by atoms with E-state index < -0.39 is 50.4 Å². The van der Waals surface area contributed by atoms with Gasteiger partial charge in [-0.25, -0.2) is 9.18 Å². The quantitative estimate of drug-likeness (QED) is 0.698. The molecule has 0 unspecified atom stereocenters. The molecule has 0 bridgehead atoms. The Morgan fingerprint density at radius 3 is 2.54 bits per heavy atom. The van der Waals surface area contributed by atoms with Crippen LogP contribution >= 0.6 is 11.8 Å². The number of thioether (sulfide) groups is 1. The van der Waals surface area contributed by atoms with Gasteiger partial charge in [-0.15, -0.1) is 0 Å². The van der Waals surface area contributed by atoms with E-state index in [-0.39, 0.29) is 10.2 Å². The second kappa shape index (κ2) is 7.38. The number of nitrogens with zero attached hydrogens (tertiary/aromatic N) is 2. The molecule has 2 heterocycles. The fourth-order valence-electron chi connectivity index (χ4n) is 2.68. The van der Waals surface area contributed by atoms with Crippen molar-refractivity contribution in [3.8, 4) is 0 Å². The van der Waals surface area contributed by atoms with E-state index in [1.165, 1.54) is 7.05 Å². The smallest absolute Gasteiger partial charge is 0.413 e. The number of aliphatic hydroxyl groups excluding tert-OH is 1. The Balaban J connectivity index is 2.13. The Labute approximate surface area is 159 Å². The van der Waals surface area contributed by atoms with E-state index in [0.717, 1.165) is 16.7 Å². The first kappa shape index (κ1) is 21.6. The third-order valence-corrected chi connectivity index (χ3v) is 11.1. The lowest BCUT2D eigenvalue weighted by atomic mass is 9.97. The van der Waals surface area contributed by atoms with Crippen LogP contribution in [0.3, 0.4) is 0 Å². The SMILES string of the molecule is C[C@H](O[Si](C)(C)C(C)(C)C)[C@H]1O[C@@H]2SC(N(C)C(=O)O)=N[C@@H]2[C@@H](F)[C@@H]1O. The maximum absolute atomic E-state index is 14.8. The first-order valence-corrected chi connectivity index (χ1v) is 12.4. The molecule has 1 fully saturated rings. The molecular weight excluding hydrogens is 379 g/mol. The summed E-state index contributed by atoms with van der Waals surface area (Å²) in [4.78, 5) is 16.1. The van der Waals surface area contributed by atoms with Crippen LogP contribution in [-0.4, -0.2) is 77.7 Å². The third kappa shape index (κ3) is 4.09. The molecule has 7 nitrogen and oxygen atoms in total. The molecule has 6 atom stereocenters. The average Bonchev–Trinajstić information content (AvgIpc) is 2.92. The summed E-state index contributed by atoms with van der Waals surface area (Å²) < 4.78 is 27.0. The van der Waals surface area contributed by atoms with Crippen molar-refractivity contribution in [2.75, 3.05) is 7.05 Å². The van der Waals surface area contributed by atoms with E-state index in [1.807, 2.05) is 0 Å². The summed E-state index contributed by atoms with van der Waals surface area (Å²) in [5.41, 5.74) is -0.680. The first-order valence-electron chi connectivity index (χ1n) is 8.63. The van der Waals surface area contributed by atoms with Gasteiger partial charge in [0.1, 0.15) is 23.7 Å². The molecule has 2 N–H and O–H groups in total. The van der Waals surface area contributed by atoms with Gasteiger partial charge in [-0.1, -0.05) is 32.5 Å². The number of hydrogen-bond donors (Lipinski definition) is 2. The highest BCUT2D eigenvalue weighted by Gasteiger charge is 2.52. The lowest BCUT2D eigenvalue weighted by Crippen LogP contribution is -2.58. The van der Waals surface area contributed by atoms with Gasteiger partial charge in [-0.05, 0) is 25.1 Å². The number of hydrogen-bond acceptors (Lipinski definition) is 6. The van der Waals surface area contributed by atoms with E-state index in [2.05, 4.69) is 38.9 Å². The number of aliphatic hydroxyl groups is 1. The van der Waals surface area contributed by atoms with Crippen LogP contribution in [0, 0.1) is 0 Å². The van der Waals surface area contributed by atoms with Crippen molar-refractivity contribution in [2.24, 2.45) is 4.99 Å². The maximum atomic E-state index is 14.8. The Hall–Kier alpha value is -0.683. The van der Waals surface area contributed by atoms with E-state index in [0.29, 0.717) is 0 Å². The number of fused-ring (bicyclic) bond motifs is 1. The summed E-state index contributed by atoms with van der Waals surface area (Å²) in [6.07, 6.45) is -5.53. The molecule has 26 heavy (non-hydrogen) atoms. The predicted molar refractivity (Wildman–Crippen MR) is 102 cm³/mol. The number of aliphatic imine (C=N–C) groups is 1. The molecule has 150 valence electrons. The molecular formula is C16H29FN2O5SSi. The first-order chi connectivity index (χ1) is 11.8. The summed E-state index contributed by atoms with van der Waals surface area (Å²) in [5.74, 6) is 0. The van der Waals surface area contributed by atoms with E-state index in [4.69, 9.17) is 14.3 Å². The van der Waals surface area contributed by atoms with E-state index >= 15 is 0 Å². The molecule has 0 radical (unpaired) electrons. The van der Waals surface area contributed by atoms with Crippen LogP contribution in [0.25, 0.3) is 0 Å². The fourth-order valence-corrected chi connectivity index (χ4v) is 5.26. The van der Waals surface area contributed by atoms with Gasteiger partial charge in [0.15, 0.2) is 19.7 Å². The summed E-state index contributed by atoms with van der Waals surface area (Å²) in [7, 11) is -0.775. The Kier molecular flexibility index (Phi) is 6.14. The highest BCUT2D eigenvalue weighted by atomic mass is 32.2. The molecule has 2 rings (SSSR count). The molecule has 0 spiro atoms. The van der Waals surface area contributed by atoms with Crippen molar-refractivity contribution in [1.82, 2.24) is 4.90 Å². The van der Waals surface area contributed by atoms with Gasteiger partial charge in [0.2, 0.25) is 0 Å². The van der Waals surface area contributed by atoms with Crippen LogP contribution in [-0.2, 0) is 9.16 Å². The van der Waals surface area contributed by atoms with Gasteiger partial charge in [0.05, 0.1) is 6.10 Å². The zero-order valence-corrected chi connectivity index (χ0v) is 18.1. The fraction of sp³-hybridized carbons (Fsp3) is 0.875. The van der Waals surface area contributed by atoms with Gasteiger partial charge < -0.3 is 19.4 Å². The van der Waals surface area contributed by atoms with Gasteiger partial charge in [-0.3, -0.25) is 9.89 Å². The molecule has 0 aliphatic carbocycles. The number of ether oxygens (including phenoxy) is 1. The summed E-state index contributed by atoms with van der Waals surface area (Å²) in [6.45, 7) is 12.3. The van der Waals surface area contributed by atoms with Gasteiger partial charge in [0.25, 0.3) is 0 Å². The lowest BCUT2D eigenvalue weighted by molar-refractivity contribution is -0.162. The summed E-state index contributed by atoms with van der Waals surface area (Å²) in [6, 6.07) is -0.928. The largest absolute Gasteiger partial charge is 0.465 e. The zero-order valence-electron chi connectivity index (χ0n) is 16.3. The van der Waals surface area contributed by atoms with E-state index in [9.17, 15) is 14.3 Å². The summed E-state index contributed by atoms with van der Waals surface area (Å²) >= 11 is 1.06. The third-order valence-electron chi connectivity index (χ3n) is 5.36. The zero-order chi connectivity index (χ0) is 20.0. The molecule has 0 aromatic heterocycles. The van der Waals surface area contributed by atoms with E-state index in [1.54, 1.807) is 6.92 Å². The minimum atomic E-state index is -2.12. The normalized spacial score (nSPS) is 33.4. The van der Waals surface area contributed by atoms with Crippen LogP contribution in [0.4, 0.5) is 9.18 Å². The van der Waals surface area contributed by atoms with Crippen molar-refractivity contribution in [3.63, 3.8) is 0 Å². The van der Waals surface area contributed by atoms with Crippen LogP contribution in [0.2, 0.25) is 18.1 Å². The maximum Gasteiger partial charge on any atom is 0.413 e. The van der Waals surface area contributed by atoms with Gasteiger partial charge in [-0.2, -0.15) is 0 Å². The number of alkyl halides is 1. The number of carbonyl (C=O) groups is 1. The van der Waals surface area contributed by atoms with Crippen molar-refractivity contribution in [2.45, 2.75) is 81.8 Å². The van der Waals surface area contributed by atoms with Crippen LogP contribution < -0.4 is 0 Å². The van der Waals surface area contributed by atoms with Crippen molar-refractivity contribution >= 4 is 31.3 Å². The second-order valence-corrected chi connectivity index (χ2v) is 14.2. The van der Waals surface area contributed by atoms with Crippen molar-refractivity contribution in [1.29, 1.82) is 0 Å².